The average molecular weight is 292 g/mol. The maximum atomic E-state index is 13.0. The lowest BCUT2D eigenvalue weighted by atomic mass is 9.84. The van der Waals surface area contributed by atoms with Gasteiger partial charge in [0.2, 0.25) is 0 Å². The molecule has 2 aliphatic heterocycles. The van der Waals surface area contributed by atoms with Gasteiger partial charge in [0.25, 0.3) is 0 Å². The van der Waals surface area contributed by atoms with Crippen molar-refractivity contribution in [1.82, 2.24) is 5.32 Å². The van der Waals surface area contributed by atoms with E-state index in [-0.39, 0.29) is 11.6 Å². The third-order valence-electron chi connectivity index (χ3n) is 4.20. The summed E-state index contributed by atoms with van der Waals surface area (Å²) in [6.07, 6.45) is 1.55. The smallest absolute Gasteiger partial charge is 0.307 e. The number of alkyl halides is 3. The summed E-state index contributed by atoms with van der Waals surface area (Å²) in [7, 11) is 0. The van der Waals surface area contributed by atoms with Crippen LogP contribution in [0.3, 0.4) is 0 Å². The Morgan fingerprint density at radius 2 is 2.05 bits per heavy atom. The molecule has 21 heavy (non-hydrogen) atoms. The van der Waals surface area contributed by atoms with Crippen molar-refractivity contribution in [3.8, 4) is 6.07 Å². The highest BCUT2D eigenvalue weighted by Gasteiger charge is 2.34. The van der Waals surface area contributed by atoms with Crippen LogP contribution in [-0.4, -0.2) is 12.1 Å². The summed E-state index contributed by atoms with van der Waals surface area (Å²) in [6, 6.07) is 6.25. The van der Waals surface area contributed by atoms with Crippen molar-refractivity contribution in [2.45, 2.75) is 43.9 Å². The van der Waals surface area contributed by atoms with Gasteiger partial charge in [0.1, 0.15) is 0 Å². The van der Waals surface area contributed by atoms with Crippen molar-refractivity contribution in [1.29, 1.82) is 5.26 Å². The molecule has 1 saturated heterocycles. The van der Waals surface area contributed by atoms with Gasteiger partial charge in [0.05, 0.1) is 17.2 Å². The minimum absolute atomic E-state index is 0.262. The fraction of sp³-hybridized carbons (Fsp3) is 0.438. The van der Waals surface area contributed by atoms with Crippen molar-refractivity contribution in [3.05, 3.63) is 41.0 Å². The lowest BCUT2D eigenvalue weighted by molar-refractivity contribution is -0.137. The van der Waals surface area contributed by atoms with Gasteiger partial charge >= 0.3 is 6.18 Å². The van der Waals surface area contributed by atoms with Crippen LogP contribution < -0.4 is 5.32 Å². The Kier molecular flexibility index (Phi) is 3.50. The number of rotatable bonds is 1. The van der Waals surface area contributed by atoms with Crippen LogP contribution in [-0.2, 0) is 6.18 Å². The molecule has 0 spiro atoms. The minimum Gasteiger partial charge on any atom is -0.307 e. The van der Waals surface area contributed by atoms with Gasteiger partial charge in [-0.2, -0.15) is 18.4 Å². The number of nitriles is 1. The summed E-state index contributed by atoms with van der Waals surface area (Å²) in [6.45, 7) is 0. The number of nitrogens with zero attached hydrogens (tertiary/aromatic N) is 1. The predicted molar refractivity (Wildman–Crippen MR) is 73.3 cm³/mol. The minimum atomic E-state index is -4.50. The molecule has 0 aromatic heterocycles. The van der Waals surface area contributed by atoms with E-state index in [4.69, 9.17) is 5.26 Å². The van der Waals surface area contributed by atoms with Crippen molar-refractivity contribution in [2.24, 2.45) is 0 Å². The topological polar surface area (TPSA) is 35.8 Å². The first kappa shape index (κ1) is 14.2. The van der Waals surface area contributed by atoms with Crippen molar-refractivity contribution in [3.63, 3.8) is 0 Å². The summed E-state index contributed by atoms with van der Waals surface area (Å²) in [5.74, 6) is 0. The van der Waals surface area contributed by atoms with Crippen LogP contribution in [0.4, 0.5) is 13.2 Å². The number of piperidine rings is 1. The van der Waals surface area contributed by atoms with E-state index in [1.165, 1.54) is 6.07 Å². The van der Waals surface area contributed by atoms with E-state index >= 15 is 0 Å². The molecule has 1 fully saturated rings. The van der Waals surface area contributed by atoms with Gasteiger partial charge in [0.15, 0.2) is 0 Å². The first-order valence-corrected chi connectivity index (χ1v) is 7.06. The number of hydrogen-bond donors (Lipinski definition) is 1. The summed E-state index contributed by atoms with van der Waals surface area (Å²) < 4.78 is 39.1. The Bertz CT molecular complexity index is 625. The van der Waals surface area contributed by atoms with E-state index in [9.17, 15) is 13.2 Å². The summed E-state index contributed by atoms with van der Waals surface area (Å²) in [5, 5.41) is 12.3. The van der Waals surface area contributed by atoms with Gasteiger partial charge in [-0.15, -0.1) is 0 Å². The molecule has 1 aromatic rings. The molecule has 110 valence electrons. The van der Waals surface area contributed by atoms with Crippen LogP contribution in [0.25, 0.3) is 5.57 Å². The van der Waals surface area contributed by atoms with E-state index in [1.54, 1.807) is 12.1 Å². The van der Waals surface area contributed by atoms with Crippen LogP contribution in [0.2, 0.25) is 0 Å². The second-order valence-electron chi connectivity index (χ2n) is 5.67. The molecule has 0 saturated carbocycles. The van der Waals surface area contributed by atoms with Crippen molar-refractivity contribution in [2.75, 3.05) is 0 Å². The maximum Gasteiger partial charge on any atom is 0.417 e. The molecule has 1 N–H and O–H groups in total. The monoisotopic (exact) mass is 292 g/mol. The van der Waals surface area contributed by atoms with Crippen LogP contribution in [0, 0.1) is 11.3 Å². The number of fused-ring (bicyclic) bond motifs is 2. The van der Waals surface area contributed by atoms with Gasteiger partial charge in [-0.3, -0.25) is 0 Å². The molecular weight excluding hydrogens is 277 g/mol. The largest absolute Gasteiger partial charge is 0.417 e. The standard InChI is InChI=1S/C16H15F3N2/c17-16(18,19)15-8-10(4-5-11(15)9-20)12-6-13-2-1-3-14(7-12)21-13/h4-6,8,13-14,21H,1-3,7H2. The zero-order chi connectivity index (χ0) is 15.0. The molecule has 2 atom stereocenters. The molecule has 2 heterocycles. The fourth-order valence-electron chi connectivity index (χ4n) is 3.21. The Hall–Kier alpha value is -1.80. The number of nitrogens with one attached hydrogen (secondary N) is 1. The van der Waals surface area contributed by atoms with Gasteiger partial charge in [-0.25, -0.2) is 0 Å². The Balaban J connectivity index is 2.00. The van der Waals surface area contributed by atoms with E-state index in [2.05, 4.69) is 5.32 Å². The highest BCUT2D eigenvalue weighted by atomic mass is 19.4. The molecule has 2 unspecified atom stereocenters. The van der Waals surface area contributed by atoms with Crippen LogP contribution in [0.1, 0.15) is 42.4 Å². The fourth-order valence-corrected chi connectivity index (χ4v) is 3.21. The zero-order valence-corrected chi connectivity index (χ0v) is 11.4. The molecule has 1 aromatic carbocycles. The summed E-state index contributed by atoms with van der Waals surface area (Å²) in [4.78, 5) is 0. The Morgan fingerprint density at radius 3 is 2.71 bits per heavy atom. The summed E-state index contributed by atoms with van der Waals surface area (Å²) >= 11 is 0. The predicted octanol–water partition coefficient (Wildman–Crippen LogP) is 3.87. The van der Waals surface area contributed by atoms with E-state index in [1.807, 2.05) is 6.08 Å². The first-order chi connectivity index (χ1) is 9.97. The molecular formula is C16H15F3N2. The molecule has 2 nitrogen and oxygen atoms in total. The van der Waals surface area contributed by atoms with Crippen LogP contribution in [0.5, 0.6) is 0 Å². The molecule has 0 aliphatic carbocycles. The molecule has 2 aliphatic rings. The van der Waals surface area contributed by atoms with Crippen LogP contribution >= 0.6 is 0 Å². The first-order valence-electron chi connectivity index (χ1n) is 7.06. The van der Waals surface area contributed by atoms with Crippen LogP contribution in [0.15, 0.2) is 24.3 Å². The second kappa shape index (κ2) is 5.19. The summed E-state index contributed by atoms with van der Waals surface area (Å²) in [5.41, 5.74) is 0.381. The van der Waals surface area contributed by atoms with Crippen molar-refractivity contribution >= 4 is 5.57 Å². The Morgan fingerprint density at radius 1 is 1.24 bits per heavy atom. The Labute approximate surface area is 121 Å². The zero-order valence-electron chi connectivity index (χ0n) is 11.4. The highest BCUT2D eigenvalue weighted by molar-refractivity contribution is 5.69. The van der Waals surface area contributed by atoms with Gasteiger partial charge in [0, 0.05) is 12.1 Å². The molecule has 5 heteroatoms. The van der Waals surface area contributed by atoms with Gasteiger partial charge in [-0.05, 0) is 42.5 Å². The second-order valence-corrected chi connectivity index (χ2v) is 5.67. The molecule has 0 amide bonds. The normalized spacial score (nSPS) is 25.1. The van der Waals surface area contributed by atoms with Crippen molar-refractivity contribution < 1.29 is 13.2 Å². The van der Waals surface area contributed by atoms with Gasteiger partial charge in [-0.1, -0.05) is 18.6 Å². The van der Waals surface area contributed by atoms with E-state index in [0.29, 0.717) is 11.6 Å². The molecule has 2 bridgehead atoms. The highest BCUT2D eigenvalue weighted by Crippen LogP contribution is 2.36. The van der Waals surface area contributed by atoms with E-state index in [0.717, 1.165) is 37.3 Å². The number of benzene rings is 1. The third kappa shape index (κ3) is 2.81. The average Bonchev–Trinajstić information content (AvgIpc) is 2.45. The number of hydrogen-bond acceptors (Lipinski definition) is 2. The van der Waals surface area contributed by atoms with E-state index < -0.39 is 11.7 Å². The number of halogens is 3. The lowest BCUT2D eigenvalue weighted by Gasteiger charge is -2.35. The SMILES string of the molecule is N#Cc1ccc(C2=CC3CCCC(C2)N3)cc1C(F)(F)F. The molecule has 0 radical (unpaired) electrons. The maximum absolute atomic E-state index is 13.0. The quantitative estimate of drug-likeness (QED) is 0.852. The molecule has 3 rings (SSSR count). The third-order valence-corrected chi connectivity index (χ3v) is 4.20. The lowest BCUT2D eigenvalue weighted by Crippen LogP contribution is -2.44. The van der Waals surface area contributed by atoms with Gasteiger partial charge < -0.3 is 5.32 Å².